The molecule has 2 saturated heterocycles. The molecule has 2 unspecified atom stereocenters. The van der Waals surface area contributed by atoms with Crippen LogP contribution in [-0.2, 0) is 0 Å². The van der Waals surface area contributed by atoms with E-state index in [4.69, 9.17) is 21.6 Å². The van der Waals surface area contributed by atoms with E-state index in [-0.39, 0.29) is 11.4 Å². The average molecular weight is 599 g/mol. The smallest absolute Gasteiger partial charge is 0.158 e. The van der Waals surface area contributed by atoms with Crippen molar-refractivity contribution in [3.05, 3.63) is 29.8 Å². The fourth-order valence-corrected chi connectivity index (χ4v) is 5.95. The van der Waals surface area contributed by atoms with E-state index in [0.29, 0.717) is 6.04 Å². The van der Waals surface area contributed by atoms with Gasteiger partial charge in [-0.3, -0.25) is 4.90 Å². The first-order valence-electron chi connectivity index (χ1n) is 13.0. The number of likely N-dealkylation sites (tertiary alicyclic amines) is 1. The van der Waals surface area contributed by atoms with Gasteiger partial charge in [0, 0.05) is 56.6 Å². The molecule has 2 atom stereocenters. The van der Waals surface area contributed by atoms with Crippen LogP contribution in [0.15, 0.2) is 34.3 Å². The molecule has 0 radical (unpaired) electrons. The fourth-order valence-electron chi connectivity index (χ4n) is 5.08. The second kappa shape index (κ2) is 12.9. The number of nitrogens with one attached hydrogen (secondary N) is 1. The lowest BCUT2D eigenvalue weighted by Gasteiger charge is -2.38. The molecular weight excluding hydrogens is 559 g/mol. The molecule has 3 aliphatic heterocycles. The summed E-state index contributed by atoms with van der Waals surface area (Å²) in [6, 6.07) is 9.38. The summed E-state index contributed by atoms with van der Waals surface area (Å²) < 4.78 is 1.25. The van der Waals surface area contributed by atoms with E-state index in [9.17, 15) is 0 Å². The molecule has 4 rings (SSSR count). The first-order valence-corrected chi connectivity index (χ1v) is 14.9. The topological polar surface area (TPSA) is 46.5 Å². The van der Waals surface area contributed by atoms with Crippen LogP contribution in [0.2, 0.25) is 0 Å². The summed E-state index contributed by atoms with van der Waals surface area (Å²) in [6.45, 7) is 13.2. The van der Waals surface area contributed by atoms with Crippen molar-refractivity contribution in [2.45, 2.75) is 51.1 Å². The van der Waals surface area contributed by atoms with Crippen LogP contribution in [0.25, 0.3) is 0 Å². The Morgan fingerprint density at radius 3 is 2.47 bits per heavy atom. The Kier molecular flexibility index (Phi) is 9.91. The molecule has 0 aromatic heterocycles. The molecule has 1 N–H and O–H groups in total. The standard InChI is InChI=1S/C26H40ClIN6/c1-20(2)32-16-18-33(19-17-32)22-8-6-21(7-9-22)25-30-24(27)23-10-15-34(26(23)31-25)14-5-13-29-12-4-3-11-28/h6-9,20,23-24,29H,3-5,10-19H2,1-2H3. The van der Waals surface area contributed by atoms with Crippen LogP contribution < -0.4 is 10.2 Å². The Balaban J connectivity index is 1.33. The third kappa shape index (κ3) is 6.65. The summed E-state index contributed by atoms with van der Waals surface area (Å²) in [5.74, 6) is 2.17. The lowest BCUT2D eigenvalue weighted by atomic mass is 10.1. The molecule has 8 heteroatoms. The van der Waals surface area contributed by atoms with Gasteiger partial charge in [0.2, 0.25) is 0 Å². The molecule has 0 saturated carbocycles. The average Bonchev–Trinajstić information content (AvgIpc) is 3.27. The number of benzene rings is 1. The summed E-state index contributed by atoms with van der Waals surface area (Å²) in [4.78, 5) is 17.3. The number of aliphatic imine (C=N–C) groups is 2. The molecular formula is C26H40ClIN6. The summed E-state index contributed by atoms with van der Waals surface area (Å²) >= 11 is 9.18. The third-order valence-corrected chi connectivity index (χ3v) is 8.38. The normalized spacial score (nSPS) is 23.3. The van der Waals surface area contributed by atoms with E-state index in [1.165, 1.54) is 23.0 Å². The van der Waals surface area contributed by atoms with Crippen LogP contribution in [-0.4, -0.2) is 89.8 Å². The van der Waals surface area contributed by atoms with Gasteiger partial charge in [-0.05, 0) is 81.3 Å². The summed E-state index contributed by atoms with van der Waals surface area (Å²) in [7, 11) is 0. The predicted molar refractivity (Wildman–Crippen MR) is 154 cm³/mol. The third-order valence-electron chi connectivity index (χ3n) is 7.22. The number of halogens is 2. The molecule has 34 heavy (non-hydrogen) atoms. The van der Waals surface area contributed by atoms with Crippen LogP contribution in [0.1, 0.15) is 45.1 Å². The number of piperazine rings is 1. The van der Waals surface area contributed by atoms with E-state index in [1.807, 2.05) is 0 Å². The monoisotopic (exact) mass is 598 g/mol. The summed E-state index contributed by atoms with van der Waals surface area (Å²) in [5, 5.41) is 3.57. The van der Waals surface area contributed by atoms with Gasteiger partial charge >= 0.3 is 0 Å². The SMILES string of the molecule is CC(C)N1CCN(c2ccc(C3=NC(Cl)C4CCN(CCCNCCCCI)C4=N3)cc2)CC1. The predicted octanol–water partition coefficient (Wildman–Crippen LogP) is 4.46. The number of hydrogen-bond donors (Lipinski definition) is 1. The first-order chi connectivity index (χ1) is 16.6. The Hall–Kier alpha value is -0.900. The number of nitrogens with zero attached hydrogens (tertiary/aromatic N) is 5. The van der Waals surface area contributed by atoms with Crippen molar-refractivity contribution in [3.63, 3.8) is 0 Å². The second-order valence-electron chi connectivity index (χ2n) is 9.84. The van der Waals surface area contributed by atoms with Gasteiger partial charge in [0.25, 0.3) is 0 Å². The fraction of sp³-hybridized carbons (Fsp3) is 0.692. The number of rotatable bonds is 11. The molecule has 2 fully saturated rings. The molecule has 3 heterocycles. The molecule has 0 aliphatic carbocycles. The van der Waals surface area contributed by atoms with Gasteiger partial charge in [0.1, 0.15) is 11.3 Å². The molecule has 188 valence electrons. The van der Waals surface area contributed by atoms with Crippen LogP contribution in [0.5, 0.6) is 0 Å². The maximum atomic E-state index is 6.73. The van der Waals surface area contributed by atoms with Gasteiger partial charge in [-0.25, -0.2) is 9.98 Å². The minimum absolute atomic E-state index is 0.220. The van der Waals surface area contributed by atoms with Crippen molar-refractivity contribution in [2.24, 2.45) is 15.9 Å². The zero-order chi connectivity index (χ0) is 23.9. The van der Waals surface area contributed by atoms with E-state index in [1.54, 1.807) is 0 Å². The lowest BCUT2D eigenvalue weighted by Crippen LogP contribution is -2.48. The Labute approximate surface area is 224 Å². The van der Waals surface area contributed by atoms with Crippen molar-refractivity contribution in [1.29, 1.82) is 0 Å². The van der Waals surface area contributed by atoms with Crippen LogP contribution in [0, 0.1) is 5.92 Å². The number of unbranched alkanes of at least 4 members (excludes halogenated alkanes) is 1. The molecule has 3 aliphatic rings. The number of hydrogen-bond acceptors (Lipinski definition) is 6. The minimum atomic E-state index is -0.220. The van der Waals surface area contributed by atoms with E-state index < -0.39 is 0 Å². The highest BCUT2D eigenvalue weighted by Crippen LogP contribution is 2.31. The van der Waals surface area contributed by atoms with E-state index >= 15 is 0 Å². The van der Waals surface area contributed by atoms with Crippen molar-refractivity contribution < 1.29 is 0 Å². The Bertz CT molecular complexity index is 834. The van der Waals surface area contributed by atoms with Crippen molar-refractivity contribution in [3.8, 4) is 0 Å². The summed E-state index contributed by atoms with van der Waals surface area (Å²) in [5.41, 5.74) is 2.12. The largest absolute Gasteiger partial charge is 0.369 e. The van der Waals surface area contributed by atoms with Crippen LogP contribution >= 0.6 is 34.2 Å². The van der Waals surface area contributed by atoms with Gasteiger partial charge in [-0.2, -0.15) is 0 Å². The van der Waals surface area contributed by atoms with Gasteiger partial charge < -0.3 is 15.1 Å². The molecule has 0 amide bonds. The number of fused-ring (bicyclic) bond motifs is 1. The van der Waals surface area contributed by atoms with Gasteiger partial charge in [-0.1, -0.05) is 34.2 Å². The Morgan fingerprint density at radius 2 is 1.76 bits per heavy atom. The quantitative estimate of drug-likeness (QED) is 0.177. The highest BCUT2D eigenvalue weighted by molar-refractivity contribution is 14.1. The van der Waals surface area contributed by atoms with E-state index in [2.05, 4.69) is 80.7 Å². The van der Waals surface area contributed by atoms with Crippen LogP contribution in [0.4, 0.5) is 5.69 Å². The summed E-state index contributed by atoms with van der Waals surface area (Å²) in [6.07, 6.45) is 4.75. The van der Waals surface area contributed by atoms with Gasteiger partial charge in [0.05, 0.1) is 5.92 Å². The minimum Gasteiger partial charge on any atom is -0.369 e. The number of alkyl halides is 2. The maximum absolute atomic E-state index is 6.73. The van der Waals surface area contributed by atoms with Gasteiger partial charge in [0.15, 0.2) is 5.84 Å². The highest BCUT2D eigenvalue weighted by Gasteiger charge is 2.37. The van der Waals surface area contributed by atoms with Crippen LogP contribution in [0.3, 0.4) is 0 Å². The number of amidine groups is 2. The molecule has 0 spiro atoms. The zero-order valence-corrected chi connectivity index (χ0v) is 23.6. The molecule has 1 aromatic carbocycles. The first kappa shape index (κ1) is 26.2. The number of anilines is 1. The van der Waals surface area contributed by atoms with Gasteiger partial charge in [-0.15, -0.1) is 0 Å². The maximum Gasteiger partial charge on any atom is 0.158 e. The molecule has 0 bridgehead atoms. The zero-order valence-electron chi connectivity index (χ0n) is 20.7. The Morgan fingerprint density at radius 1 is 1.03 bits per heavy atom. The van der Waals surface area contributed by atoms with Crippen molar-refractivity contribution in [1.82, 2.24) is 15.1 Å². The van der Waals surface area contributed by atoms with E-state index in [0.717, 1.165) is 82.4 Å². The second-order valence-corrected chi connectivity index (χ2v) is 11.4. The van der Waals surface area contributed by atoms with Crippen molar-refractivity contribution >= 4 is 51.6 Å². The molecule has 1 aromatic rings. The lowest BCUT2D eigenvalue weighted by molar-refractivity contribution is 0.209. The molecule has 6 nitrogen and oxygen atoms in total. The highest BCUT2D eigenvalue weighted by atomic mass is 127. The van der Waals surface area contributed by atoms with Crippen molar-refractivity contribution in [2.75, 3.05) is 61.7 Å².